The van der Waals surface area contributed by atoms with Crippen LogP contribution in [0.1, 0.15) is 80.3 Å². The largest absolute Gasteiger partial charge is 0.465 e. The lowest BCUT2D eigenvalue weighted by Crippen LogP contribution is -2.19. The molecule has 0 radical (unpaired) electrons. The van der Waals surface area contributed by atoms with E-state index in [-0.39, 0.29) is 5.97 Å². The van der Waals surface area contributed by atoms with Crippen LogP contribution in [0.25, 0.3) is 0 Å². The van der Waals surface area contributed by atoms with Crippen LogP contribution in [0.3, 0.4) is 0 Å². The Kier molecular flexibility index (Phi) is 7.78. The van der Waals surface area contributed by atoms with Crippen LogP contribution in [0.4, 0.5) is 0 Å². The van der Waals surface area contributed by atoms with Crippen molar-refractivity contribution in [2.45, 2.75) is 82.6 Å². The Hall–Kier alpha value is -1.72. The molecule has 2 aliphatic rings. The number of carbonyl (C=O) groups excluding carboxylic acids is 1. The van der Waals surface area contributed by atoms with Crippen LogP contribution < -0.4 is 0 Å². The van der Waals surface area contributed by atoms with E-state index in [1.165, 1.54) is 85.4 Å². The summed E-state index contributed by atoms with van der Waals surface area (Å²) in [5.41, 5.74) is 5.28. The summed E-state index contributed by atoms with van der Waals surface area (Å²) in [6, 6.07) is 11.2. The zero-order chi connectivity index (χ0) is 21.6. The first kappa shape index (κ1) is 22.5. The minimum atomic E-state index is -0.130. The number of hydrogen-bond donors (Lipinski definition) is 0. The van der Waals surface area contributed by atoms with Crippen molar-refractivity contribution in [3.8, 4) is 0 Å². The number of ether oxygens (including phenoxy) is 1. The van der Waals surface area contributed by atoms with Gasteiger partial charge in [-0.15, -0.1) is 0 Å². The first-order valence-electron chi connectivity index (χ1n) is 12.0. The number of aromatic nitrogens is 1. The van der Waals surface area contributed by atoms with Gasteiger partial charge in [0.1, 0.15) is 6.54 Å². The second-order valence-electron chi connectivity index (χ2n) is 8.92. The second kappa shape index (κ2) is 10.7. The summed E-state index contributed by atoms with van der Waals surface area (Å²) in [7, 11) is 0. The van der Waals surface area contributed by atoms with Gasteiger partial charge in [-0.3, -0.25) is 4.79 Å². The van der Waals surface area contributed by atoms with Gasteiger partial charge in [-0.05, 0) is 80.7 Å². The van der Waals surface area contributed by atoms with Crippen molar-refractivity contribution in [3.63, 3.8) is 0 Å². The lowest BCUT2D eigenvalue weighted by molar-refractivity contribution is -0.143. The molecule has 31 heavy (non-hydrogen) atoms. The average molecular weight is 441 g/mol. The highest BCUT2D eigenvalue weighted by molar-refractivity contribution is 7.97. The Morgan fingerprint density at radius 1 is 1.06 bits per heavy atom. The molecule has 1 aliphatic carbocycles. The molecule has 4 nitrogen and oxygen atoms in total. The molecule has 2 heterocycles. The maximum Gasteiger partial charge on any atom is 0.325 e. The third-order valence-corrected chi connectivity index (χ3v) is 7.98. The summed E-state index contributed by atoms with van der Waals surface area (Å²) in [5.74, 6) is 0.430. The quantitative estimate of drug-likeness (QED) is 0.367. The number of nitrogens with zero attached hydrogens (tertiary/aromatic N) is 2. The van der Waals surface area contributed by atoms with Crippen molar-refractivity contribution in [1.29, 1.82) is 0 Å². The zero-order valence-electron chi connectivity index (χ0n) is 19.1. The molecule has 0 amide bonds. The summed E-state index contributed by atoms with van der Waals surface area (Å²) in [5, 5.41) is 0. The number of benzene rings is 1. The van der Waals surface area contributed by atoms with Crippen molar-refractivity contribution in [3.05, 3.63) is 52.8 Å². The van der Waals surface area contributed by atoms with Crippen LogP contribution >= 0.6 is 11.9 Å². The maximum absolute atomic E-state index is 12.4. The van der Waals surface area contributed by atoms with Gasteiger partial charge >= 0.3 is 5.97 Å². The van der Waals surface area contributed by atoms with Crippen molar-refractivity contribution >= 4 is 17.9 Å². The average Bonchev–Trinajstić information content (AvgIpc) is 3.40. The Balaban J connectivity index is 1.61. The fourth-order valence-electron chi connectivity index (χ4n) is 5.05. The third-order valence-electron chi connectivity index (χ3n) is 6.77. The molecular formula is C26H36N2O2S. The molecule has 1 saturated carbocycles. The van der Waals surface area contributed by atoms with Crippen LogP contribution in [-0.2, 0) is 22.5 Å². The summed E-state index contributed by atoms with van der Waals surface area (Å²) in [6.07, 6.45) is 9.89. The first-order valence-corrected chi connectivity index (χ1v) is 12.8. The highest BCUT2D eigenvalue weighted by atomic mass is 32.2. The van der Waals surface area contributed by atoms with Crippen molar-refractivity contribution in [2.75, 3.05) is 19.7 Å². The number of rotatable bonds is 8. The maximum atomic E-state index is 12.4. The smallest absolute Gasteiger partial charge is 0.325 e. The molecule has 4 rings (SSSR count). The molecule has 0 bridgehead atoms. The van der Waals surface area contributed by atoms with Gasteiger partial charge in [0.05, 0.1) is 6.61 Å². The van der Waals surface area contributed by atoms with E-state index in [4.69, 9.17) is 4.74 Å². The van der Waals surface area contributed by atoms with E-state index in [0.29, 0.717) is 19.1 Å². The molecule has 168 valence electrons. The van der Waals surface area contributed by atoms with Gasteiger partial charge < -0.3 is 9.30 Å². The molecule has 2 fully saturated rings. The fraction of sp³-hybridized carbons (Fsp3) is 0.577. The van der Waals surface area contributed by atoms with Gasteiger partial charge in [0, 0.05) is 35.8 Å². The molecule has 2 aromatic rings. The standard InChI is InChI=1S/C26H36N2O2S/c1-3-30-26(29)19-28-20(2)23(18-24(28)21-11-5-4-6-12-21)17-22-13-7-8-14-25(22)31-27-15-9-10-16-27/h7-8,13-14,18,21H,3-6,9-12,15-17,19H2,1-2H3. The van der Waals surface area contributed by atoms with Gasteiger partial charge in [-0.25, -0.2) is 4.31 Å². The van der Waals surface area contributed by atoms with Crippen LogP contribution in [0.15, 0.2) is 35.2 Å². The molecule has 0 N–H and O–H groups in total. The van der Waals surface area contributed by atoms with Gasteiger partial charge in [0.25, 0.3) is 0 Å². The fourth-order valence-corrected chi connectivity index (χ4v) is 6.17. The van der Waals surface area contributed by atoms with Gasteiger partial charge in [-0.1, -0.05) is 37.5 Å². The van der Waals surface area contributed by atoms with Gasteiger partial charge in [0.15, 0.2) is 0 Å². The van der Waals surface area contributed by atoms with Gasteiger partial charge in [0.2, 0.25) is 0 Å². The predicted molar refractivity (Wildman–Crippen MR) is 128 cm³/mol. The van der Waals surface area contributed by atoms with Gasteiger partial charge in [-0.2, -0.15) is 0 Å². The van der Waals surface area contributed by atoms with E-state index in [1.807, 2.05) is 18.9 Å². The Morgan fingerprint density at radius 3 is 2.55 bits per heavy atom. The van der Waals surface area contributed by atoms with Crippen LogP contribution in [0.2, 0.25) is 0 Å². The molecule has 1 aliphatic heterocycles. The van der Waals surface area contributed by atoms with E-state index >= 15 is 0 Å². The monoisotopic (exact) mass is 440 g/mol. The summed E-state index contributed by atoms with van der Waals surface area (Å²) in [4.78, 5) is 13.7. The normalized spacial score (nSPS) is 17.9. The number of hydrogen-bond acceptors (Lipinski definition) is 4. The van der Waals surface area contributed by atoms with E-state index in [1.54, 1.807) is 0 Å². The van der Waals surface area contributed by atoms with Crippen LogP contribution in [-0.4, -0.2) is 34.5 Å². The topological polar surface area (TPSA) is 34.5 Å². The lowest BCUT2D eigenvalue weighted by atomic mass is 9.86. The number of carbonyl (C=O) groups is 1. The zero-order valence-corrected chi connectivity index (χ0v) is 19.9. The van der Waals surface area contributed by atoms with Crippen LogP contribution in [0.5, 0.6) is 0 Å². The highest BCUT2D eigenvalue weighted by Gasteiger charge is 2.24. The Labute approximate surface area is 191 Å². The third kappa shape index (κ3) is 5.56. The van der Waals surface area contributed by atoms with E-state index < -0.39 is 0 Å². The minimum Gasteiger partial charge on any atom is -0.465 e. The van der Waals surface area contributed by atoms with Crippen molar-refractivity contribution < 1.29 is 9.53 Å². The molecule has 1 saturated heterocycles. The Morgan fingerprint density at radius 2 is 1.81 bits per heavy atom. The molecule has 0 atom stereocenters. The molecular weight excluding hydrogens is 404 g/mol. The number of esters is 1. The Bertz CT molecular complexity index is 880. The molecule has 0 unspecified atom stereocenters. The predicted octanol–water partition coefficient (Wildman–Crippen LogP) is 6.10. The van der Waals surface area contributed by atoms with E-state index in [0.717, 1.165) is 6.42 Å². The molecule has 1 aromatic heterocycles. The highest BCUT2D eigenvalue weighted by Crippen LogP contribution is 2.36. The van der Waals surface area contributed by atoms with Crippen LogP contribution in [0, 0.1) is 6.92 Å². The molecule has 0 spiro atoms. The summed E-state index contributed by atoms with van der Waals surface area (Å²) in [6.45, 7) is 7.18. The minimum absolute atomic E-state index is 0.130. The van der Waals surface area contributed by atoms with E-state index in [9.17, 15) is 4.79 Å². The SMILES string of the molecule is CCOC(=O)Cn1c(C2CCCCC2)cc(Cc2ccccc2SN2CCCC2)c1C. The lowest BCUT2D eigenvalue weighted by Gasteiger charge is -2.23. The summed E-state index contributed by atoms with van der Waals surface area (Å²) < 4.78 is 10.0. The molecule has 5 heteroatoms. The van der Waals surface area contributed by atoms with Crippen molar-refractivity contribution in [2.24, 2.45) is 0 Å². The van der Waals surface area contributed by atoms with Crippen molar-refractivity contribution in [1.82, 2.24) is 8.87 Å². The second-order valence-corrected chi connectivity index (χ2v) is 10.1. The molecule has 1 aromatic carbocycles. The first-order chi connectivity index (χ1) is 15.2. The van der Waals surface area contributed by atoms with E-state index in [2.05, 4.69) is 46.1 Å². The summed E-state index contributed by atoms with van der Waals surface area (Å²) >= 11 is 1.91.